The number of piperidine rings is 1. The molecule has 1 saturated heterocycles. The first-order valence-corrected chi connectivity index (χ1v) is 9.01. The maximum atomic E-state index is 13.1. The summed E-state index contributed by atoms with van der Waals surface area (Å²) in [5.74, 6) is 0. The highest BCUT2D eigenvalue weighted by atomic mass is 32.2. The van der Waals surface area contributed by atoms with Crippen LogP contribution in [0.15, 0.2) is 47.6 Å². The van der Waals surface area contributed by atoms with Gasteiger partial charge < -0.3 is 0 Å². The fraction of sp³-hybridized carbons (Fsp3) is 0.438. The first kappa shape index (κ1) is 15.2. The van der Waals surface area contributed by atoms with E-state index < -0.39 is 10.0 Å². The number of aryl methyl sites for hydroxylation is 1. The summed E-state index contributed by atoms with van der Waals surface area (Å²) in [6.45, 7) is 1.99. The monoisotopic (exact) mass is 319 g/mol. The predicted molar refractivity (Wildman–Crippen MR) is 84.7 cm³/mol. The van der Waals surface area contributed by atoms with E-state index in [-0.39, 0.29) is 17.0 Å². The van der Waals surface area contributed by atoms with Gasteiger partial charge in [0.25, 0.3) is 0 Å². The third-order valence-electron chi connectivity index (χ3n) is 4.28. The number of hydrogen-bond donors (Lipinski definition) is 0. The molecule has 118 valence electrons. The molecular formula is C16H21N3O2S. The van der Waals surface area contributed by atoms with Gasteiger partial charge in [-0.1, -0.05) is 30.3 Å². The molecule has 0 bridgehead atoms. The molecule has 2 atom stereocenters. The molecule has 1 aliphatic heterocycles. The molecular weight excluding hydrogens is 298 g/mol. The molecule has 0 aliphatic carbocycles. The molecule has 5 nitrogen and oxygen atoms in total. The van der Waals surface area contributed by atoms with E-state index in [9.17, 15) is 8.42 Å². The molecule has 1 aromatic carbocycles. The van der Waals surface area contributed by atoms with E-state index in [1.165, 1.54) is 10.9 Å². The van der Waals surface area contributed by atoms with Gasteiger partial charge in [-0.05, 0) is 31.7 Å². The molecule has 0 saturated carbocycles. The van der Waals surface area contributed by atoms with Crippen molar-refractivity contribution < 1.29 is 8.42 Å². The van der Waals surface area contributed by atoms with Crippen molar-refractivity contribution in [3.05, 3.63) is 48.3 Å². The zero-order chi connectivity index (χ0) is 15.7. The molecule has 22 heavy (non-hydrogen) atoms. The average Bonchev–Trinajstić information content (AvgIpc) is 2.95. The summed E-state index contributed by atoms with van der Waals surface area (Å²) in [6.07, 6.45) is 5.79. The summed E-state index contributed by atoms with van der Waals surface area (Å²) in [5.41, 5.74) is 1.06. The smallest absolute Gasteiger partial charge is 0.247 e. The normalized spacial score (nSPS) is 23.5. The van der Waals surface area contributed by atoms with Crippen LogP contribution >= 0.6 is 0 Å². The Hall–Kier alpha value is -1.66. The molecule has 1 fully saturated rings. The standard InChI is InChI=1S/C16H21N3O2S/c1-13-7-6-10-16(14-8-4-3-5-9-14)19(13)22(20,21)15-11-17-18(2)12-15/h3-5,8-9,11-13,16H,6-7,10H2,1-2H3/t13-,16-/m0/s1. The minimum absolute atomic E-state index is 0.0100. The Bertz CT molecular complexity index is 740. The molecule has 0 amide bonds. The molecule has 3 rings (SSSR count). The molecule has 0 spiro atoms. The highest BCUT2D eigenvalue weighted by Crippen LogP contribution is 2.38. The second-order valence-corrected chi connectivity index (χ2v) is 7.73. The van der Waals surface area contributed by atoms with Gasteiger partial charge in [0.15, 0.2) is 0 Å². The van der Waals surface area contributed by atoms with E-state index in [1.54, 1.807) is 17.5 Å². The van der Waals surface area contributed by atoms with Gasteiger partial charge in [0.1, 0.15) is 4.90 Å². The van der Waals surface area contributed by atoms with Crippen LogP contribution in [0.4, 0.5) is 0 Å². The third-order valence-corrected chi connectivity index (χ3v) is 6.26. The Balaban J connectivity index is 2.04. The highest BCUT2D eigenvalue weighted by Gasteiger charge is 2.39. The van der Waals surface area contributed by atoms with E-state index in [2.05, 4.69) is 5.10 Å². The first-order valence-electron chi connectivity index (χ1n) is 7.57. The molecule has 0 unspecified atom stereocenters. The maximum absolute atomic E-state index is 13.1. The minimum atomic E-state index is -3.54. The van der Waals surface area contributed by atoms with Crippen LogP contribution in [0.2, 0.25) is 0 Å². The van der Waals surface area contributed by atoms with Crippen molar-refractivity contribution >= 4 is 10.0 Å². The second kappa shape index (κ2) is 5.85. The molecule has 1 aromatic heterocycles. The Morgan fingerprint density at radius 3 is 2.55 bits per heavy atom. The Morgan fingerprint density at radius 2 is 1.91 bits per heavy atom. The van der Waals surface area contributed by atoms with Crippen LogP contribution in [0.1, 0.15) is 37.8 Å². The summed E-state index contributed by atoms with van der Waals surface area (Å²) in [6, 6.07) is 9.78. The van der Waals surface area contributed by atoms with Gasteiger partial charge in [-0.3, -0.25) is 4.68 Å². The van der Waals surface area contributed by atoms with Crippen LogP contribution in [0.5, 0.6) is 0 Å². The van der Waals surface area contributed by atoms with Gasteiger partial charge in [-0.15, -0.1) is 0 Å². The fourth-order valence-electron chi connectivity index (χ4n) is 3.22. The fourth-order valence-corrected chi connectivity index (χ4v) is 5.07. The molecule has 6 heteroatoms. The van der Waals surface area contributed by atoms with Crippen LogP contribution in [-0.4, -0.2) is 28.5 Å². The van der Waals surface area contributed by atoms with Crippen molar-refractivity contribution in [3.63, 3.8) is 0 Å². The van der Waals surface area contributed by atoms with E-state index in [1.807, 2.05) is 37.3 Å². The Labute approximate surface area is 131 Å². The summed E-state index contributed by atoms with van der Waals surface area (Å²) >= 11 is 0. The van der Waals surface area contributed by atoms with Crippen molar-refractivity contribution in [1.82, 2.24) is 14.1 Å². The quantitative estimate of drug-likeness (QED) is 0.874. The van der Waals surface area contributed by atoms with Gasteiger partial charge in [0.2, 0.25) is 10.0 Å². The van der Waals surface area contributed by atoms with E-state index in [0.29, 0.717) is 0 Å². The van der Waals surface area contributed by atoms with Crippen LogP contribution in [-0.2, 0) is 17.1 Å². The van der Waals surface area contributed by atoms with E-state index >= 15 is 0 Å². The predicted octanol–water partition coefficient (Wildman–Crippen LogP) is 2.72. The van der Waals surface area contributed by atoms with Gasteiger partial charge in [0.05, 0.1) is 12.2 Å². The second-order valence-electron chi connectivity index (χ2n) is 5.89. The lowest BCUT2D eigenvalue weighted by atomic mass is 9.94. The van der Waals surface area contributed by atoms with Crippen molar-refractivity contribution in [2.45, 2.75) is 43.2 Å². The van der Waals surface area contributed by atoms with Crippen LogP contribution < -0.4 is 0 Å². The number of benzene rings is 1. The van der Waals surface area contributed by atoms with Crippen molar-refractivity contribution in [2.24, 2.45) is 7.05 Å². The molecule has 2 aromatic rings. The Kier molecular flexibility index (Phi) is 4.06. The average molecular weight is 319 g/mol. The number of aromatic nitrogens is 2. The largest absolute Gasteiger partial charge is 0.274 e. The first-order chi connectivity index (χ1) is 10.5. The molecule has 0 radical (unpaired) electrons. The number of rotatable bonds is 3. The molecule has 1 aliphatic rings. The van der Waals surface area contributed by atoms with Gasteiger partial charge in [-0.25, -0.2) is 8.42 Å². The van der Waals surface area contributed by atoms with E-state index in [0.717, 1.165) is 24.8 Å². The summed E-state index contributed by atoms with van der Waals surface area (Å²) < 4.78 is 29.3. The topological polar surface area (TPSA) is 55.2 Å². The van der Waals surface area contributed by atoms with Gasteiger partial charge in [0, 0.05) is 19.3 Å². The van der Waals surface area contributed by atoms with Gasteiger partial charge >= 0.3 is 0 Å². The lowest BCUT2D eigenvalue weighted by Crippen LogP contribution is -2.44. The summed E-state index contributed by atoms with van der Waals surface area (Å²) in [4.78, 5) is 0.268. The molecule has 2 heterocycles. The van der Waals surface area contributed by atoms with E-state index in [4.69, 9.17) is 0 Å². The van der Waals surface area contributed by atoms with Crippen LogP contribution in [0.3, 0.4) is 0 Å². The number of hydrogen-bond acceptors (Lipinski definition) is 3. The van der Waals surface area contributed by atoms with Gasteiger partial charge in [-0.2, -0.15) is 9.40 Å². The number of nitrogens with zero attached hydrogens (tertiary/aromatic N) is 3. The van der Waals surface area contributed by atoms with Crippen LogP contribution in [0.25, 0.3) is 0 Å². The minimum Gasteiger partial charge on any atom is -0.274 e. The lowest BCUT2D eigenvalue weighted by molar-refractivity contribution is 0.193. The summed E-state index contributed by atoms with van der Waals surface area (Å²) in [7, 11) is -1.81. The lowest BCUT2D eigenvalue weighted by Gasteiger charge is -2.39. The third kappa shape index (κ3) is 2.68. The summed E-state index contributed by atoms with van der Waals surface area (Å²) in [5, 5.41) is 4.01. The highest BCUT2D eigenvalue weighted by molar-refractivity contribution is 7.89. The van der Waals surface area contributed by atoms with Crippen molar-refractivity contribution in [3.8, 4) is 0 Å². The SMILES string of the molecule is C[C@H]1CCC[C@@H](c2ccccc2)N1S(=O)(=O)c1cnn(C)c1. The molecule has 0 N–H and O–H groups in total. The maximum Gasteiger partial charge on any atom is 0.247 e. The van der Waals surface area contributed by atoms with Crippen LogP contribution in [0, 0.1) is 0 Å². The number of sulfonamides is 1. The van der Waals surface area contributed by atoms with Crippen molar-refractivity contribution in [1.29, 1.82) is 0 Å². The zero-order valence-electron chi connectivity index (χ0n) is 12.9. The Morgan fingerprint density at radius 1 is 1.18 bits per heavy atom. The van der Waals surface area contributed by atoms with Crippen molar-refractivity contribution in [2.75, 3.05) is 0 Å². The zero-order valence-corrected chi connectivity index (χ0v) is 13.7.